The summed E-state index contributed by atoms with van der Waals surface area (Å²) in [6, 6.07) is 8.32. The first-order valence-corrected chi connectivity index (χ1v) is 7.69. The van der Waals surface area contributed by atoms with Crippen LogP contribution in [0.1, 0.15) is 28.5 Å². The Labute approximate surface area is 144 Å². The number of rotatable bonds is 3. The number of guanidine groups is 1. The molecule has 0 spiro atoms. The average Bonchev–Trinajstić information content (AvgIpc) is 2.87. The Kier molecular flexibility index (Phi) is 5.42. The number of nitrogens with two attached hydrogens (primary N) is 2. The highest BCUT2D eigenvalue weighted by Crippen LogP contribution is 2.38. The van der Waals surface area contributed by atoms with E-state index in [2.05, 4.69) is 22.1 Å². The van der Waals surface area contributed by atoms with Gasteiger partial charge in [0, 0.05) is 4.88 Å². The first-order valence-electron chi connectivity index (χ1n) is 6.88. The zero-order valence-corrected chi connectivity index (χ0v) is 14.8. The van der Waals surface area contributed by atoms with Crippen LogP contribution < -0.4 is 16.2 Å². The molecule has 1 aromatic heterocycles. The standard InChI is InChI=1S/C15H18N4OS.BrH/c1-20-11-5-2-9(3-6-11)10-4-7-12-13(8-10)21-15(18-12)19-14(16)17;/h2-3,5-6,10H,4,7-8H2,1H3,(H4,16,17,18,19);1H/t10-;/m1./s1. The first-order chi connectivity index (χ1) is 10.2. The number of thiazole rings is 1. The van der Waals surface area contributed by atoms with Gasteiger partial charge in [-0.2, -0.15) is 4.99 Å². The molecule has 22 heavy (non-hydrogen) atoms. The van der Waals surface area contributed by atoms with Crippen molar-refractivity contribution >= 4 is 39.4 Å². The predicted molar refractivity (Wildman–Crippen MR) is 95.7 cm³/mol. The maximum absolute atomic E-state index is 5.41. The fourth-order valence-corrected chi connectivity index (χ4v) is 3.76. The minimum Gasteiger partial charge on any atom is -0.497 e. The molecule has 0 fully saturated rings. The van der Waals surface area contributed by atoms with Crippen LogP contribution in [0.5, 0.6) is 5.75 Å². The topological polar surface area (TPSA) is 86.5 Å². The summed E-state index contributed by atoms with van der Waals surface area (Å²) >= 11 is 1.59. The van der Waals surface area contributed by atoms with Crippen molar-refractivity contribution < 1.29 is 4.74 Å². The van der Waals surface area contributed by atoms with Crippen molar-refractivity contribution in [3.63, 3.8) is 0 Å². The lowest BCUT2D eigenvalue weighted by Crippen LogP contribution is -2.21. The SMILES string of the molecule is Br.COc1ccc([C@@H]2CCc3nc(N=C(N)N)sc3C2)cc1. The Morgan fingerprint density at radius 3 is 2.68 bits per heavy atom. The second kappa shape index (κ2) is 7.11. The minimum absolute atomic E-state index is 0. The van der Waals surface area contributed by atoms with Crippen LogP contribution in [0.15, 0.2) is 29.3 Å². The molecule has 0 bridgehead atoms. The van der Waals surface area contributed by atoms with Gasteiger partial charge in [-0.25, -0.2) is 4.98 Å². The molecule has 3 rings (SSSR count). The maximum Gasteiger partial charge on any atom is 0.212 e. The fraction of sp³-hybridized carbons (Fsp3) is 0.333. The van der Waals surface area contributed by atoms with Crippen molar-refractivity contribution in [2.75, 3.05) is 7.11 Å². The number of methoxy groups -OCH3 is 1. The molecule has 1 atom stereocenters. The molecule has 0 unspecified atom stereocenters. The van der Waals surface area contributed by atoms with Gasteiger partial charge in [0.25, 0.3) is 0 Å². The lowest BCUT2D eigenvalue weighted by atomic mass is 9.85. The van der Waals surface area contributed by atoms with E-state index in [1.165, 1.54) is 10.4 Å². The molecule has 5 nitrogen and oxygen atoms in total. The summed E-state index contributed by atoms with van der Waals surface area (Å²) in [5.41, 5.74) is 13.3. The van der Waals surface area contributed by atoms with E-state index in [-0.39, 0.29) is 22.9 Å². The fourth-order valence-electron chi connectivity index (χ4n) is 2.68. The quantitative estimate of drug-likeness (QED) is 0.630. The van der Waals surface area contributed by atoms with Gasteiger partial charge in [-0.05, 0) is 42.9 Å². The van der Waals surface area contributed by atoms with Crippen molar-refractivity contribution in [1.82, 2.24) is 4.98 Å². The molecule has 7 heteroatoms. The molecule has 2 aromatic rings. The van der Waals surface area contributed by atoms with Crippen molar-refractivity contribution in [3.8, 4) is 5.75 Å². The Morgan fingerprint density at radius 2 is 2.05 bits per heavy atom. The lowest BCUT2D eigenvalue weighted by Gasteiger charge is -2.21. The highest BCUT2D eigenvalue weighted by atomic mass is 79.9. The molecule has 4 N–H and O–H groups in total. The maximum atomic E-state index is 5.41. The third-order valence-electron chi connectivity index (χ3n) is 3.74. The van der Waals surface area contributed by atoms with Crippen LogP contribution in [0.3, 0.4) is 0 Å². The van der Waals surface area contributed by atoms with E-state index in [1.807, 2.05) is 12.1 Å². The van der Waals surface area contributed by atoms with Crippen molar-refractivity contribution in [1.29, 1.82) is 0 Å². The van der Waals surface area contributed by atoms with Gasteiger partial charge >= 0.3 is 0 Å². The highest BCUT2D eigenvalue weighted by molar-refractivity contribution is 8.93. The number of hydrogen-bond donors (Lipinski definition) is 2. The molecule has 1 heterocycles. The summed E-state index contributed by atoms with van der Waals surface area (Å²) in [5, 5.41) is 0.662. The van der Waals surface area contributed by atoms with Gasteiger partial charge in [0.2, 0.25) is 5.13 Å². The van der Waals surface area contributed by atoms with Crippen LogP contribution in [0.2, 0.25) is 0 Å². The molecule has 1 aliphatic rings. The summed E-state index contributed by atoms with van der Waals surface area (Å²) < 4.78 is 5.21. The molecule has 0 saturated carbocycles. The first kappa shape index (κ1) is 16.8. The number of benzene rings is 1. The molecule has 1 aliphatic carbocycles. The molecular formula is C15H19BrN4OS. The Morgan fingerprint density at radius 1 is 1.32 bits per heavy atom. The van der Waals surface area contributed by atoms with Crippen LogP contribution in [-0.2, 0) is 12.8 Å². The third kappa shape index (κ3) is 3.59. The van der Waals surface area contributed by atoms with Gasteiger partial charge in [0.15, 0.2) is 5.96 Å². The van der Waals surface area contributed by atoms with E-state index in [0.29, 0.717) is 11.0 Å². The van der Waals surface area contributed by atoms with Gasteiger partial charge in [-0.3, -0.25) is 0 Å². The molecule has 118 valence electrons. The summed E-state index contributed by atoms with van der Waals surface area (Å²) in [7, 11) is 1.68. The predicted octanol–water partition coefficient (Wildman–Crippen LogP) is 2.91. The number of nitrogens with zero attached hydrogens (tertiary/aromatic N) is 2. The van der Waals surface area contributed by atoms with Crippen LogP contribution in [0.25, 0.3) is 0 Å². The number of hydrogen-bond acceptors (Lipinski definition) is 4. The van der Waals surface area contributed by atoms with Crippen molar-refractivity contribution in [2.45, 2.75) is 25.2 Å². The van der Waals surface area contributed by atoms with E-state index in [9.17, 15) is 0 Å². The van der Waals surface area contributed by atoms with Crippen LogP contribution in [0.4, 0.5) is 5.13 Å². The number of aromatic nitrogens is 1. The molecule has 0 aliphatic heterocycles. The average molecular weight is 383 g/mol. The van der Waals surface area contributed by atoms with Gasteiger partial charge in [0.1, 0.15) is 5.75 Å². The van der Waals surface area contributed by atoms with Crippen LogP contribution >= 0.6 is 28.3 Å². The molecule has 0 radical (unpaired) electrons. The van der Waals surface area contributed by atoms with Gasteiger partial charge in [0.05, 0.1) is 12.8 Å². The monoisotopic (exact) mass is 382 g/mol. The van der Waals surface area contributed by atoms with Crippen molar-refractivity contribution in [3.05, 3.63) is 40.4 Å². The summed E-state index contributed by atoms with van der Waals surface area (Å²) in [6.45, 7) is 0. The van der Waals surface area contributed by atoms with E-state index >= 15 is 0 Å². The summed E-state index contributed by atoms with van der Waals surface area (Å²) in [4.78, 5) is 9.84. The van der Waals surface area contributed by atoms with Crippen molar-refractivity contribution in [2.24, 2.45) is 16.5 Å². The Hall–Kier alpha value is -1.60. The normalized spacial score (nSPS) is 16.3. The van der Waals surface area contributed by atoms with Gasteiger partial charge < -0.3 is 16.2 Å². The van der Waals surface area contributed by atoms with E-state index in [1.54, 1.807) is 18.4 Å². The van der Waals surface area contributed by atoms with Gasteiger partial charge in [-0.15, -0.1) is 17.0 Å². The van der Waals surface area contributed by atoms with Crippen LogP contribution in [-0.4, -0.2) is 18.1 Å². The number of aliphatic imine (C=N–C) groups is 1. The second-order valence-corrected chi connectivity index (χ2v) is 6.18. The molecular weight excluding hydrogens is 364 g/mol. The van der Waals surface area contributed by atoms with E-state index in [0.717, 1.165) is 30.7 Å². The number of halogens is 1. The highest BCUT2D eigenvalue weighted by Gasteiger charge is 2.23. The lowest BCUT2D eigenvalue weighted by molar-refractivity contribution is 0.414. The molecule has 1 aromatic carbocycles. The Bertz CT molecular complexity index is 665. The number of aryl methyl sites for hydroxylation is 1. The third-order valence-corrected chi connectivity index (χ3v) is 4.75. The molecule has 0 amide bonds. The smallest absolute Gasteiger partial charge is 0.212 e. The zero-order valence-electron chi connectivity index (χ0n) is 12.3. The van der Waals surface area contributed by atoms with Crippen LogP contribution in [0, 0.1) is 0 Å². The minimum atomic E-state index is 0. The van der Waals surface area contributed by atoms with E-state index in [4.69, 9.17) is 16.2 Å². The number of ether oxygens (including phenoxy) is 1. The zero-order chi connectivity index (χ0) is 14.8. The second-order valence-electron chi connectivity index (χ2n) is 5.12. The molecule has 0 saturated heterocycles. The number of fused-ring (bicyclic) bond motifs is 1. The summed E-state index contributed by atoms with van der Waals surface area (Å²) in [5.74, 6) is 1.48. The van der Waals surface area contributed by atoms with Gasteiger partial charge in [-0.1, -0.05) is 23.5 Å². The Balaban J connectivity index is 0.00000176. The largest absolute Gasteiger partial charge is 0.497 e. The summed E-state index contributed by atoms with van der Waals surface area (Å²) in [6.07, 6.45) is 3.08. The van der Waals surface area contributed by atoms with E-state index < -0.39 is 0 Å².